The molecule has 2 heterocycles. The number of anilines is 1. The zero-order valence-electron chi connectivity index (χ0n) is 19.9. The molecule has 2 N–H and O–H groups in total. The van der Waals surface area contributed by atoms with Crippen molar-refractivity contribution in [1.29, 1.82) is 0 Å². The topological polar surface area (TPSA) is 72.4 Å². The molecule has 0 bridgehead atoms. The second-order valence-electron chi connectivity index (χ2n) is 8.53. The van der Waals surface area contributed by atoms with Gasteiger partial charge in [0.25, 0.3) is 0 Å². The summed E-state index contributed by atoms with van der Waals surface area (Å²) in [5, 5.41) is 6.95. The van der Waals surface area contributed by atoms with Crippen LogP contribution in [0.15, 0.2) is 35.3 Å². The number of piperazine rings is 1. The predicted octanol–water partition coefficient (Wildman–Crippen LogP) is 2.37. The molecular weight excluding hydrogens is 404 g/mol. The molecule has 1 aromatic rings. The van der Waals surface area contributed by atoms with E-state index in [9.17, 15) is 4.79 Å². The summed E-state index contributed by atoms with van der Waals surface area (Å²) in [6.45, 7) is 13.9. The van der Waals surface area contributed by atoms with Crippen molar-refractivity contribution in [2.45, 2.75) is 45.7 Å². The molecule has 2 saturated heterocycles. The molecule has 0 spiro atoms. The lowest BCUT2D eigenvalue weighted by Gasteiger charge is -2.38. The fraction of sp³-hybridized carbons (Fsp3) is 0.667. The minimum atomic E-state index is -0.201. The minimum absolute atomic E-state index is 0.201. The number of hydrogen-bond acceptors (Lipinski definition) is 5. The maximum absolute atomic E-state index is 11.9. The summed E-state index contributed by atoms with van der Waals surface area (Å²) in [6, 6.07) is 11.4. The van der Waals surface area contributed by atoms with Gasteiger partial charge in [-0.05, 0) is 45.7 Å². The van der Waals surface area contributed by atoms with E-state index in [-0.39, 0.29) is 6.09 Å². The number of carbonyl (C=O) groups is 1. The number of rotatable bonds is 7. The number of likely N-dealkylation sites (tertiary alicyclic amines) is 1. The fourth-order valence-corrected chi connectivity index (χ4v) is 4.33. The third-order valence-corrected chi connectivity index (χ3v) is 6.28. The molecule has 32 heavy (non-hydrogen) atoms. The van der Waals surface area contributed by atoms with Crippen molar-refractivity contribution in [3.63, 3.8) is 0 Å². The molecule has 0 saturated carbocycles. The van der Waals surface area contributed by atoms with E-state index < -0.39 is 0 Å². The summed E-state index contributed by atoms with van der Waals surface area (Å²) < 4.78 is 5.11. The summed E-state index contributed by atoms with van der Waals surface area (Å²) >= 11 is 0. The first-order chi connectivity index (χ1) is 15.6. The molecule has 2 aliphatic rings. The Balaban J connectivity index is 1.44. The summed E-state index contributed by atoms with van der Waals surface area (Å²) in [6.07, 6.45) is 1.60. The Morgan fingerprint density at radius 3 is 2.41 bits per heavy atom. The Labute approximate surface area is 193 Å². The summed E-state index contributed by atoms with van der Waals surface area (Å²) in [5.74, 6) is 0.872. The van der Waals surface area contributed by atoms with Crippen LogP contribution < -0.4 is 15.5 Å². The Morgan fingerprint density at radius 1 is 1.09 bits per heavy atom. The van der Waals surface area contributed by atoms with Crippen molar-refractivity contribution in [1.82, 2.24) is 20.4 Å². The van der Waals surface area contributed by atoms with Gasteiger partial charge in [-0.1, -0.05) is 18.2 Å². The third-order valence-electron chi connectivity index (χ3n) is 6.28. The molecular formula is C24H40N6O2. The number of amides is 1. The first kappa shape index (κ1) is 24.2. The highest BCUT2D eigenvalue weighted by Crippen LogP contribution is 2.17. The highest BCUT2D eigenvalue weighted by molar-refractivity contribution is 5.80. The zero-order chi connectivity index (χ0) is 22.8. The van der Waals surface area contributed by atoms with Crippen LogP contribution in [0.25, 0.3) is 0 Å². The lowest BCUT2D eigenvalue weighted by molar-refractivity contribution is 0.0963. The van der Waals surface area contributed by atoms with Gasteiger partial charge in [-0.15, -0.1) is 0 Å². The van der Waals surface area contributed by atoms with Gasteiger partial charge in [-0.2, -0.15) is 0 Å². The molecule has 1 amide bonds. The third kappa shape index (κ3) is 7.02. The van der Waals surface area contributed by atoms with Crippen molar-refractivity contribution >= 4 is 17.7 Å². The van der Waals surface area contributed by atoms with Crippen molar-refractivity contribution in [3.05, 3.63) is 30.3 Å². The number of carbonyl (C=O) groups excluding carboxylic acids is 1. The monoisotopic (exact) mass is 444 g/mol. The van der Waals surface area contributed by atoms with Crippen molar-refractivity contribution < 1.29 is 9.53 Å². The van der Waals surface area contributed by atoms with Crippen LogP contribution in [0.5, 0.6) is 0 Å². The molecule has 0 aliphatic carbocycles. The Hall–Kier alpha value is -2.48. The van der Waals surface area contributed by atoms with Gasteiger partial charge in [0, 0.05) is 63.6 Å². The molecule has 1 unspecified atom stereocenters. The molecule has 2 fully saturated rings. The van der Waals surface area contributed by atoms with E-state index in [0.29, 0.717) is 18.7 Å². The van der Waals surface area contributed by atoms with Gasteiger partial charge < -0.3 is 25.2 Å². The zero-order valence-corrected chi connectivity index (χ0v) is 19.9. The number of nitrogens with one attached hydrogen (secondary N) is 2. The molecule has 178 valence electrons. The van der Waals surface area contributed by atoms with E-state index in [1.807, 2.05) is 6.92 Å². The van der Waals surface area contributed by atoms with E-state index >= 15 is 0 Å². The number of benzene rings is 1. The van der Waals surface area contributed by atoms with Crippen LogP contribution in [0.1, 0.15) is 33.6 Å². The van der Waals surface area contributed by atoms with Gasteiger partial charge >= 0.3 is 6.09 Å². The van der Waals surface area contributed by atoms with Gasteiger partial charge in [-0.3, -0.25) is 9.89 Å². The lowest BCUT2D eigenvalue weighted by atomic mass is 10.1. The summed E-state index contributed by atoms with van der Waals surface area (Å²) in [4.78, 5) is 23.6. The molecule has 3 rings (SSSR count). The van der Waals surface area contributed by atoms with Crippen LogP contribution in [0, 0.1) is 0 Å². The predicted molar refractivity (Wildman–Crippen MR) is 130 cm³/mol. The van der Waals surface area contributed by atoms with Gasteiger partial charge in [0.1, 0.15) is 0 Å². The Bertz CT molecular complexity index is 712. The molecule has 8 heteroatoms. The van der Waals surface area contributed by atoms with Gasteiger partial charge in [0.15, 0.2) is 5.96 Å². The first-order valence-corrected chi connectivity index (χ1v) is 12.1. The SMILES string of the molecule is CCNC(=NCC(C)N1CCN(c2ccccc2)CC1)NC1CCN(C(=O)OCC)CC1. The quantitative estimate of drug-likeness (QED) is 0.497. The lowest BCUT2D eigenvalue weighted by Crippen LogP contribution is -2.51. The van der Waals surface area contributed by atoms with Crippen molar-refractivity contribution in [2.24, 2.45) is 4.99 Å². The number of hydrogen-bond donors (Lipinski definition) is 2. The molecule has 0 radical (unpaired) electrons. The number of ether oxygens (including phenoxy) is 1. The largest absolute Gasteiger partial charge is 0.450 e. The Kier molecular flexibility index (Phi) is 9.46. The Morgan fingerprint density at radius 2 is 1.78 bits per heavy atom. The molecule has 8 nitrogen and oxygen atoms in total. The van der Waals surface area contributed by atoms with Gasteiger partial charge in [0.05, 0.1) is 13.2 Å². The minimum Gasteiger partial charge on any atom is -0.450 e. The fourth-order valence-electron chi connectivity index (χ4n) is 4.33. The second kappa shape index (κ2) is 12.5. The van der Waals surface area contributed by atoms with Crippen molar-refractivity contribution in [3.8, 4) is 0 Å². The molecule has 2 aliphatic heterocycles. The maximum Gasteiger partial charge on any atom is 0.409 e. The average molecular weight is 445 g/mol. The van der Waals surface area contributed by atoms with Gasteiger partial charge in [-0.25, -0.2) is 4.79 Å². The van der Waals surface area contributed by atoms with Crippen LogP contribution in [0.3, 0.4) is 0 Å². The van der Waals surface area contributed by atoms with E-state index in [4.69, 9.17) is 9.73 Å². The molecule has 0 aromatic heterocycles. The van der Waals surface area contributed by atoms with E-state index in [0.717, 1.165) is 71.2 Å². The van der Waals surface area contributed by atoms with E-state index in [1.54, 1.807) is 4.90 Å². The first-order valence-electron chi connectivity index (χ1n) is 12.1. The van der Waals surface area contributed by atoms with Crippen molar-refractivity contribution in [2.75, 3.05) is 63.9 Å². The normalized spacial score (nSPS) is 19.5. The standard InChI is InChI=1S/C24H40N6O2/c1-4-25-23(27-21-11-13-30(14-12-21)24(31)32-5-2)26-19-20(3)28-15-17-29(18-16-28)22-9-7-6-8-10-22/h6-10,20-21H,4-5,11-19H2,1-3H3,(H2,25,26,27). The van der Waals surface area contributed by atoms with E-state index in [1.165, 1.54) is 5.69 Å². The summed E-state index contributed by atoms with van der Waals surface area (Å²) in [5.41, 5.74) is 1.31. The van der Waals surface area contributed by atoms with Crippen LogP contribution in [-0.4, -0.2) is 92.9 Å². The van der Waals surface area contributed by atoms with Gasteiger partial charge in [0.2, 0.25) is 0 Å². The average Bonchev–Trinajstić information content (AvgIpc) is 2.84. The highest BCUT2D eigenvalue weighted by Gasteiger charge is 2.25. The number of guanidine groups is 1. The molecule has 1 aromatic carbocycles. The summed E-state index contributed by atoms with van der Waals surface area (Å²) in [7, 11) is 0. The number of nitrogens with zero attached hydrogens (tertiary/aromatic N) is 4. The highest BCUT2D eigenvalue weighted by atomic mass is 16.6. The molecule has 1 atom stereocenters. The van der Waals surface area contributed by atoms with Crippen LogP contribution in [0.2, 0.25) is 0 Å². The smallest absolute Gasteiger partial charge is 0.409 e. The van der Waals surface area contributed by atoms with Crippen LogP contribution in [0.4, 0.5) is 10.5 Å². The van der Waals surface area contributed by atoms with Crippen LogP contribution in [-0.2, 0) is 4.74 Å². The number of aliphatic imine (C=N–C) groups is 1. The van der Waals surface area contributed by atoms with Crippen LogP contribution >= 0.6 is 0 Å². The van der Waals surface area contributed by atoms with E-state index in [2.05, 4.69) is 64.6 Å². The number of para-hydroxylation sites is 1. The number of piperidine rings is 1. The second-order valence-corrected chi connectivity index (χ2v) is 8.53. The maximum atomic E-state index is 11.9.